The van der Waals surface area contributed by atoms with Crippen LogP contribution in [0, 0.1) is 0 Å². The topological polar surface area (TPSA) is 92.5 Å². The SMILES string of the molecule is CS(=O)(=O)NCCSCC(N)C(=O)N1CCSC1. The van der Waals surface area contributed by atoms with E-state index in [1.165, 1.54) is 11.8 Å². The van der Waals surface area contributed by atoms with Gasteiger partial charge in [0.25, 0.3) is 0 Å². The molecular weight excluding hydrogens is 294 g/mol. The fourth-order valence-corrected chi connectivity index (χ4v) is 3.77. The zero-order chi connectivity index (χ0) is 13.6. The van der Waals surface area contributed by atoms with E-state index in [2.05, 4.69) is 4.72 Å². The molecule has 1 aliphatic rings. The lowest BCUT2D eigenvalue weighted by molar-refractivity contribution is -0.130. The van der Waals surface area contributed by atoms with Crippen LogP contribution < -0.4 is 10.5 Å². The Morgan fingerprint density at radius 3 is 2.89 bits per heavy atom. The van der Waals surface area contributed by atoms with Gasteiger partial charge in [0.05, 0.1) is 18.2 Å². The molecule has 0 radical (unpaired) electrons. The molecule has 106 valence electrons. The number of sulfonamides is 1. The molecule has 0 bridgehead atoms. The Bertz CT molecular complexity index is 368. The molecule has 1 fully saturated rings. The first kappa shape index (κ1) is 16.1. The van der Waals surface area contributed by atoms with Crippen molar-refractivity contribution in [3.8, 4) is 0 Å². The molecule has 0 saturated carbocycles. The van der Waals surface area contributed by atoms with E-state index in [-0.39, 0.29) is 5.91 Å². The molecule has 0 aromatic rings. The van der Waals surface area contributed by atoms with Gasteiger partial charge in [-0.1, -0.05) is 0 Å². The van der Waals surface area contributed by atoms with Gasteiger partial charge in [0.2, 0.25) is 15.9 Å². The van der Waals surface area contributed by atoms with Crippen molar-refractivity contribution in [3.63, 3.8) is 0 Å². The van der Waals surface area contributed by atoms with Gasteiger partial charge in [-0.05, 0) is 0 Å². The number of carbonyl (C=O) groups is 1. The van der Waals surface area contributed by atoms with Crippen LogP contribution in [0.15, 0.2) is 0 Å². The summed E-state index contributed by atoms with van der Waals surface area (Å²) in [6.07, 6.45) is 1.12. The van der Waals surface area contributed by atoms with E-state index >= 15 is 0 Å². The molecule has 0 aliphatic carbocycles. The van der Waals surface area contributed by atoms with Crippen LogP contribution in [0.25, 0.3) is 0 Å². The highest BCUT2D eigenvalue weighted by Crippen LogP contribution is 2.14. The average Bonchev–Trinajstić information content (AvgIpc) is 2.79. The molecule has 1 atom stereocenters. The van der Waals surface area contributed by atoms with Crippen molar-refractivity contribution in [2.45, 2.75) is 6.04 Å². The molecule has 9 heteroatoms. The molecule has 1 unspecified atom stereocenters. The van der Waals surface area contributed by atoms with E-state index < -0.39 is 16.1 Å². The Labute approximate surface area is 116 Å². The fourth-order valence-electron chi connectivity index (χ4n) is 1.40. The number of hydrogen-bond donors (Lipinski definition) is 2. The summed E-state index contributed by atoms with van der Waals surface area (Å²) in [5, 5.41) is 0. The molecule has 0 aromatic carbocycles. The van der Waals surface area contributed by atoms with Gasteiger partial charge >= 0.3 is 0 Å². The Balaban J connectivity index is 2.13. The number of amides is 1. The minimum atomic E-state index is -3.13. The van der Waals surface area contributed by atoms with E-state index in [9.17, 15) is 13.2 Å². The Morgan fingerprint density at radius 1 is 1.61 bits per heavy atom. The third-order valence-corrected chi connectivity index (χ3v) is 5.07. The number of thioether (sulfide) groups is 2. The first-order valence-electron chi connectivity index (χ1n) is 5.54. The molecule has 1 heterocycles. The van der Waals surface area contributed by atoms with E-state index in [4.69, 9.17) is 5.73 Å². The van der Waals surface area contributed by atoms with Gasteiger partial charge in [0, 0.05) is 30.3 Å². The minimum Gasteiger partial charge on any atom is -0.331 e. The van der Waals surface area contributed by atoms with Gasteiger partial charge < -0.3 is 10.6 Å². The first-order valence-corrected chi connectivity index (χ1v) is 9.75. The van der Waals surface area contributed by atoms with Gasteiger partial charge in [0.15, 0.2) is 0 Å². The Hall–Kier alpha value is 0.0400. The second kappa shape index (κ2) is 7.59. The van der Waals surface area contributed by atoms with Gasteiger partial charge in [-0.2, -0.15) is 11.8 Å². The summed E-state index contributed by atoms with van der Waals surface area (Å²) in [7, 11) is -3.13. The summed E-state index contributed by atoms with van der Waals surface area (Å²) >= 11 is 3.21. The Morgan fingerprint density at radius 2 is 2.33 bits per heavy atom. The van der Waals surface area contributed by atoms with Crippen LogP contribution in [0.3, 0.4) is 0 Å². The lowest BCUT2D eigenvalue weighted by atomic mass is 10.3. The highest BCUT2D eigenvalue weighted by Gasteiger charge is 2.23. The quantitative estimate of drug-likeness (QED) is 0.594. The second-order valence-corrected chi connectivity index (χ2v) is 8.04. The van der Waals surface area contributed by atoms with Crippen molar-refractivity contribution in [1.29, 1.82) is 0 Å². The van der Waals surface area contributed by atoms with E-state index in [0.717, 1.165) is 24.4 Å². The van der Waals surface area contributed by atoms with Crippen LogP contribution in [0.1, 0.15) is 0 Å². The maximum absolute atomic E-state index is 11.8. The van der Waals surface area contributed by atoms with Gasteiger partial charge in [-0.25, -0.2) is 13.1 Å². The average molecular weight is 313 g/mol. The predicted molar refractivity (Wildman–Crippen MR) is 77.2 cm³/mol. The third-order valence-electron chi connectivity index (χ3n) is 2.29. The van der Waals surface area contributed by atoms with Gasteiger partial charge in [-0.3, -0.25) is 4.79 Å². The van der Waals surface area contributed by atoms with Gasteiger partial charge in [-0.15, -0.1) is 11.8 Å². The maximum atomic E-state index is 11.8. The number of carbonyl (C=O) groups excluding carboxylic acids is 1. The van der Waals surface area contributed by atoms with E-state index in [0.29, 0.717) is 18.1 Å². The zero-order valence-electron chi connectivity index (χ0n) is 10.3. The number of nitrogens with one attached hydrogen (secondary N) is 1. The van der Waals surface area contributed by atoms with Crippen molar-refractivity contribution < 1.29 is 13.2 Å². The van der Waals surface area contributed by atoms with E-state index in [1.54, 1.807) is 16.7 Å². The second-order valence-electron chi connectivity index (χ2n) is 3.99. The predicted octanol–water partition coefficient (Wildman–Crippen LogP) is -0.871. The molecule has 0 aromatic heterocycles. The van der Waals surface area contributed by atoms with Crippen LogP contribution in [0.4, 0.5) is 0 Å². The Kier molecular flexibility index (Phi) is 6.78. The van der Waals surface area contributed by atoms with Crippen LogP contribution in [-0.2, 0) is 14.8 Å². The summed E-state index contributed by atoms with van der Waals surface area (Å²) in [5.41, 5.74) is 5.81. The summed E-state index contributed by atoms with van der Waals surface area (Å²) in [6.45, 7) is 1.14. The summed E-state index contributed by atoms with van der Waals surface area (Å²) in [4.78, 5) is 13.6. The lowest BCUT2D eigenvalue weighted by Gasteiger charge is -2.19. The number of rotatable bonds is 7. The zero-order valence-corrected chi connectivity index (χ0v) is 12.7. The first-order chi connectivity index (χ1) is 8.40. The molecule has 18 heavy (non-hydrogen) atoms. The summed E-state index contributed by atoms with van der Waals surface area (Å²) in [6, 6.07) is -0.494. The summed E-state index contributed by atoms with van der Waals surface area (Å²) in [5.74, 6) is 2.83. The molecule has 6 nitrogen and oxygen atoms in total. The molecule has 1 aliphatic heterocycles. The van der Waals surface area contributed by atoms with Crippen LogP contribution in [-0.4, -0.2) is 67.7 Å². The van der Waals surface area contributed by atoms with Crippen molar-refractivity contribution in [2.24, 2.45) is 5.73 Å². The number of hydrogen-bond acceptors (Lipinski definition) is 6. The molecule has 1 rings (SSSR count). The van der Waals surface area contributed by atoms with Gasteiger partial charge in [0.1, 0.15) is 0 Å². The highest BCUT2D eigenvalue weighted by atomic mass is 32.2. The monoisotopic (exact) mass is 313 g/mol. The lowest BCUT2D eigenvalue weighted by Crippen LogP contribution is -2.44. The van der Waals surface area contributed by atoms with Crippen molar-refractivity contribution >= 4 is 39.5 Å². The van der Waals surface area contributed by atoms with Crippen molar-refractivity contribution in [1.82, 2.24) is 9.62 Å². The summed E-state index contributed by atoms with van der Waals surface area (Å²) < 4.78 is 24.0. The molecule has 3 N–H and O–H groups in total. The smallest absolute Gasteiger partial charge is 0.241 e. The van der Waals surface area contributed by atoms with Crippen LogP contribution in [0.5, 0.6) is 0 Å². The normalized spacial score (nSPS) is 18.0. The molecular formula is C9H19N3O3S3. The molecule has 1 saturated heterocycles. The maximum Gasteiger partial charge on any atom is 0.241 e. The number of nitrogens with two attached hydrogens (primary N) is 1. The highest BCUT2D eigenvalue weighted by molar-refractivity contribution is 7.99. The molecule has 1 amide bonds. The van der Waals surface area contributed by atoms with Crippen molar-refractivity contribution in [3.05, 3.63) is 0 Å². The fraction of sp³-hybridized carbons (Fsp3) is 0.889. The van der Waals surface area contributed by atoms with Crippen LogP contribution in [0.2, 0.25) is 0 Å². The van der Waals surface area contributed by atoms with E-state index in [1.807, 2.05) is 0 Å². The minimum absolute atomic E-state index is 0.0106. The standard InChI is InChI=1S/C9H19N3O3S3/c1-18(14,15)11-2-4-16-6-8(10)9(13)12-3-5-17-7-12/h8,11H,2-7,10H2,1H3. The largest absolute Gasteiger partial charge is 0.331 e. The van der Waals surface area contributed by atoms with Crippen LogP contribution >= 0.6 is 23.5 Å². The van der Waals surface area contributed by atoms with Crippen molar-refractivity contribution in [2.75, 3.05) is 42.5 Å². The third kappa shape index (κ3) is 6.28. The number of nitrogens with zero attached hydrogens (tertiary/aromatic N) is 1. The molecule has 0 spiro atoms.